The van der Waals surface area contributed by atoms with Crippen LogP contribution in [0.4, 0.5) is 0 Å². The Bertz CT molecular complexity index is 830. The highest BCUT2D eigenvalue weighted by Crippen LogP contribution is 2.26. The highest BCUT2D eigenvalue weighted by atomic mass is 32.2. The van der Waals surface area contributed by atoms with E-state index >= 15 is 0 Å². The minimum absolute atomic E-state index is 0.0170. The minimum Gasteiger partial charge on any atom is -0.352 e. The first-order valence-electron chi connectivity index (χ1n) is 9.64. The minimum atomic E-state index is -3.19. The fourth-order valence-electron chi connectivity index (χ4n) is 4.07. The molecule has 10 heteroatoms. The highest BCUT2D eigenvalue weighted by Gasteiger charge is 2.29. The van der Waals surface area contributed by atoms with Gasteiger partial charge in [-0.3, -0.25) is 9.36 Å². The van der Waals surface area contributed by atoms with Gasteiger partial charge in [0, 0.05) is 32.1 Å². The summed E-state index contributed by atoms with van der Waals surface area (Å²) in [5.74, 6) is 0.461. The van der Waals surface area contributed by atoms with Crippen LogP contribution >= 0.6 is 0 Å². The molecule has 1 aromatic heterocycles. The van der Waals surface area contributed by atoms with E-state index in [1.165, 1.54) is 26.2 Å². The van der Waals surface area contributed by atoms with Crippen LogP contribution in [0.25, 0.3) is 0 Å². The summed E-state index contributed by atoms with van der Waals surface area (Å²) in [6, 6.07) is 0.199. The van der Waals surface area contributed by atoms with Gasteiger partial charge in [0.1, 0.15) is 12.4 Å². The van der Waals surface area contributed by atoms with Crippen molar-refractivity contribution in [1.29, 1.82) is 0 Å². The molecule has 1 saturated carbocycles. The highest BCUT2D eigenvalue weighted by molar-refractivity contribution is 7.88. The third-order valence-corrected chi connectivity index (χ3v) is 6.93. The second kappa shape index (κ2) is 8.14. The Kier molecular flexibility index (Phi) is 6.05. The lowest BCUT2D eigenvalue weighted by Crippen LogP contribution is -2.40. The van der Waals surface area contributed by atoms with E-state index in [0.717, 1.165) is 25.7 Å². The van der Waals surface area contributed by atoms with Gasteiger partial charge in [0.25, 0.3) is 0 Å². The van der Waals surface area contributed by atoms with Crippen molar-refractivity contribution < 1.29 is 13.2 Å². The maximum absolute atomic E-state index is 12.5. The average molecular weight is 400 g/mol. The lowest BCUT2D eigenvalue weighted by Gasteiger charge is -2.29. The van der Waals surface area contributed by atoms with E-state index in [4.69, 9.17) is 0 Å². The molecule has 1 N–H and O–H groups in total. The zero-order valence-electron chi connectivity index (χ0n) is 16.1. The molecule has 2 fully saturated rings. The summed E-state index contributed by atoms with van der Waals surface area (Å²) in [6.45, 7) is 0.769. The van der Waals surface area contributed by atoms with Crippen LogP contribution in [0.15, 0.2) is 4.79 Å². The smallest absolute Gasteiger partial charge is 0.346 e. The van der Waals surface area contributed by atoms with Crippen LogP contribution in [-0.4, -0.2) is 58.4 Å². The van der Waals surface area contributed by atoms with E-state index in [-0.39, 0.29) is 30.1 Å². The van der Waals surface area contributed by atoms with Gasteiger partial charge < -0.3 is 5.32 Å². The molecule has 0 atom stereocenters. The summed E-state index contributed by atoms with van der Waals surface area (Å²) in [5, 5.41) is 7.40. The molecule has 0 bridgehead atoms. The molecule has 1 amide bonds. The molecule has 9 nitrogen and oxygen atoms in total. The van der Waals surface area contributed by atoms with Crippen molar-refractivity contribution in [3.05, 3.63) is 16.3 Å². The summed E-state index contributed by atoms with van der Waals surface area (Å²) in [6.07, 6.45) is 7.91. The van der Waals surface area contributed by atoms with Gasteiger partial charge in [-0.25, -0.2) is 22.2 Å². The van der Waals surface area contributed by atoms with Crippen LogP contribution in [0.5, 0.6) is 0 Å². The molecule has 1 aromatic rings. The van der Waals surface area contributed by atoms with Gasteiger partial charge in [-0.2, -0.15) is 5.10 Å². The molecule has 152 valence electrons. The Labute approximate surface area is 159 Å². The maximum atomic E-state index is 12.5. The molecule has 0 unspecified atom stereocenters. The molecule has 0 radical (unpaired) electrons. The number of carbonyl (C=O) groups is 1. The van der Waals surface area contributed by atoms with E-state index in [2.05, 4.69) is 10.4 Å². The second-order valence-corrected chi connectivity index (χ2v) is 9.68. The first-order valence-corrected chi connectivity index (χ1v) is 11.5. The van der Waals surface area contributed by atoms with Crippen molar-refractivity contribution in [2.45, 2.75) is 63.5 Å². The maximum Gasteiger partial charge on any atom is 0.346 e. The van der Waals surface area contributed by atoms with Gasteiger partial charge in [-0.1, -0.05) is 19.3 Å². The predicted octanol–water partition coefficient (Wildman–Crippen LogP) is 0.170. The second-order valence-electron chi connectivity index (χ2n) is 7.70. The third kappa shape index (κ3) is 4.78. The number of hydrogen-bond donors (Lipinski definition) is 1. The largest absolute Gasteiger partial charge is 0.352 e. The lowest BCUT2D eigenvalue weighted by molar-refractivity contribution is -0.122. The zero-order valence-corrected chi connectivity index (χ0v) is 16.9. The standard InChI is InChI=1S/C17H29N5O4S/c1-20-16(13-8-10-21(11-9-13)27(2,25)26)19-22(17(20)24)12-15(23)18-14-6-4-3-5-7-14/h13-14H,3-12H2,1-2H3,(H,18,23). The third-order valence-electron chi connectivity index (χ3n) is 5.63. The Morgan fingerprint density at radius 1 is 1.15 bits per heavy atom. The van der Waals surface area contributed by atoms with E-state index in [1.54, 1.807) is 7.05 Å². The fourth-order valence-corrected chi connectivity index (χ4v) is 4.94. The quantitative estimate of drug-likeness (QED) is 0.760. The van der Waals surface area contributed by atoms with Gasteiger partial charge in [-0.05, 0) is 25.7 Å². The van der Waals surface area contributed by atoms with Gasteiger partial charge in [0.15, 0.2) is 0 Å². The predicted molar refractivity (Wildman–Crippen MR) is 101 cm³/mol. The number of aromatic nitrogens is 3. The molecule has 0 aromatic carbocycles. The van der Waals surface area contributed by atoms with Crippen molar-refractivity contribution in [3.63, 3.8) is 0 Å². The van der Waals surface area contributed by atoms with Crippen LogP contribution in [0.3, 0.4) is 0 Å². The number of nitrogens with zero attached hydrogens (tertiary/aromatic N) is 4. The number of hydrogen-bond acceptors (Lipinski definition) is 5. The summed E-state index contributed by atoms with van der Waals surface area (Å²) in [7, 11) is -1.53. The molecule has 2 aliphatic rings. The van der Waals surface area contributed by atoms with Crippen molar-refractivity contribution in [2.24, 2.45) is 7.05 Å². The van der Waals surface area contributed by atoms with Crippen LogP contribution in [0, 0.1) is 0 Å². The fraction of sp³-hybridized carbons (Fsp3) is 0.824. The SMILES string of the molecule is Cn1c(C2CCN(S(C)(=O)=O)CC2)nn(CC(=O)NC2CCCCC2)c1=O. The molecule has 0 spiro atoms. The topological polar surface area (TPSA) is 106 Å². The Hall–Kier alpha value is -1.68. The van der Waals surface area contributed by atoms with E-state index in [0.29, 0.717) is 31.8 Å². The number of nitrogens with one attached hydrogen (secondary N) is 1. The number of rotatable bonds is 5. The summed E-state index contributed by atoms with van der Waals surface area (Å²) in [5.41, 5.74) is -0.311. The first kappa shape index (κ1) is 20.1. The van der Waals surface area contributed by atoms with E-state index < -0.39 is 10.0 Å². The molecule has 3 rings (SSSR count). The normalized spacial score (nSPS) is 20.7. The van der Waals surface area contributed by atoms with Gasteiger partial charge >= 0.3 is 5.69 Å². The monoisotopic (exact) mass is 399 g/mol. The Morgan fingerprint density at radius 2 is 1.78 bits per heavy atom. The van der Waals surface area contributed by atoms with Crippen molar-refractivity contribution in [2.75, 3.05) is 19.3 Å². The Balaban J connectivity index is 1.64. The number of sulfonamides is 1. The molecule has 1 aliphatic carbocycles. The van der Waals surface area contributed by atoms with Crippen LogP contribution < -0.4 is 11.0 Å². The van der Waals surface area contributed by atoms with Crippen molar-refractivity contribution in [1.82, 2.24) is 24.0 Å². The average Bonchev–Trinajstić information content (AvgIpc) is 2.90. The number of carbonyl (C=O) groups excluding carboxylic acids is 1. The lowest BCUT2D eigenvalue weighted by atomic mass is 9.95. The van der Waals surface area contributed by atoms with Crippen LogP contribution in [-0.2, 0) is 28.4 Å². The van der Waals surface area contributed by atoms with Crippen LogP contribution in [0.2, 0.25) is 0 Å². The number of amides is 1. The molecule has 2 heterocycles. The summed E-state index contributed by atoms with van der Waals surface area (Å²) in [4.78, 5) is 24.8. The van der Waals surface area contributed by atoms with Crippen LogP contribution in [0.1, 0.15) is 56.7 Å². The zero-order chi connectivity index (χ0) is 19.6. The molecule has 1 saturated heterocycles. The number of piperidine rings is 1. The van der Waals surface area contributed by atoms with Crippen molar-refractivity contribution >= 4 is 15.9 Å². The van der Waals surface area contributed by atoms with Gasteiger partial charge in [-0.15, -0.1) is 0 Å². The Morgan fingerprint density at radius 3 is 2.37 bits per heavy atom. The van der Waals surface area contributed by atoms with Crippen molar-refractivity contribution in [3.8, 4) is 0 Å². The summed E-state index contributed by atoms with van der Waals surface area (Å²) < 4.78 is 27.4. The molecule has 1 aliphatic heterocycles. The molecular weight excluding hydrogens is 370 g/mol. The molecular formula is C17H29N5O4S. The first-order chi connectivity index (χ1) is 12.8. The van der Waals surface area contributed by atoms with E-state index in [1.807, 2.05) is 0 Å². The van der Waals surface area contributed by atoms with Gasteiger partial charge in [0.05, 0.1) is 6.26 Å². The van der Waals surface area contributed by atoms with Gasteiger partial charge in [0.2, 0.25) is 15.9 Å². The van der Waals surface area contributed by atoms with E-state index in [9.17, 15) is 18.0 Å². The molecule has 27 heavy (non-hydrogen) atoms. The summed E-state index contributed by atoms with van der Waals surface area (Å²) >= 11 is 0.